The van der Waals surface area contributed by atoms with Crippen LogP contribution < -0.4 is 10.1 Å². The lowest BCUT2D eigenvalue weighted by Gasteiger charge is -2.39. The Morgan fingerprint density at radius 3 is 2.58 bits per heavy atom. The molecule has 3 fully saturated rings. The van der Waals surface area contributed by atoms with Crippen LogP contribution in [0.3, 0.4) is 0 Å². The van der Waals surface area contributed by atoms with Gasteiger partial charge in [-0.25, -0.2) is 4.98 Å². The van der Waals surface area contributed by atoms with Crippen LogP contribution in [0.5, 0.6) is 6.01 Å². The molecular weight excluding hydrogens is 650 g/mol. The minimum absolute atomic E-state index is 0.0158. The van der Waals surface area contributed by atoms with Crippen molar-refractivity contribution in [3.63, 3.8) is 0 Å². The third kappa shape index (κ3) is 6.74. The summed E-state index contributed by atoms with van der Waals surface area (Å²) in [7, 11) is -0.264. The van der Waals surface area contributed by atoms with Gasteiger partial charge in [0.1, 0.15) is 29.8 Å². The van der Waals surface area contributed by atoms with Crippen molar-refractivity contribution in [1.82, 2.24) is 19.5 Å². The number of nitrogens with one attached hydrogen (secondary N) is 1. The molecule has 6 heterocycles. The zero-order valence-electron chi connectivity index (χ0n) is 29.1. The molecule has 1 N–H and O–H groups in total. The van der Waals surface area contributed by atoms with E-state index in [9.17, 15) is 0 Å². The van der Waals surface area contributed by atoms with E-state index in [1.54, 1.807) is 7.11 Å². The first kappa shape index (κ1) is 34.1. The van der Waals surface area contributed by atoms with Crippen molar-refractivity contribution >= 4 is 36.9 Å². The maximum absolute atomic E-state index is 6.87. The second kappa shape index (κ2) is 13.8. The van der Waals surface area contributed by atoms with Crippen LogP contribution in [0, 0.1) is 0 Å². The minimum atomic E-state index is -2.00. The molecule has 0 spiro atoms. The molecule has 0 aromatic carbocycles. The Kier molecular flexibility index (Phi) is 9.79. The lowest BCUT2D eigenvalue weighted by atomic mass is 10.1. The normalized spacial score (nSPS) is 27.4. The molecule has 0 saturated carbocycles. The predicted molar refractivity (Wildman–Crippen MR) is 186 cm³/mol. The summed E-state index contributed by atoms with van der Waals surface area (Å²) in [5.41, 5.74) is 4.90. The Bertz CT molecular complexity index is 1610. The molecule has 3 aromatic heterocycles. The van der Waals surface area contributed by atoms with Crippen molar-refractivity contribution in [2.24, 2.45) is 0 Å². The van der Waals surface area contributed by atoms with E-state index < -0.39 is 8.32 Å². The summed E-state index contributed by atoms with van der Waals surface area (Å²) in [6.45, 7) is 13.6. The largest absolute Gasteiger partial charge is 0.456 e. The first-order valence-electron chi connectivity index (χ1n) is 17.5. The van der Waals surface area contributed by atoms with Gasteiger partial charge in [-0.1, -0.05) is 38.4 Å². The first-order chi connectivity index (χ1) is 23.0. The lowest BCUT2D eigenvalue weighted by Crippen LogP contribution is -2.47. The predicted octanol–water partition coefficient (Wildman–Crippen LogP) is 6.79. The molecule has 0 radical (unpaired) electrons. The van der Waals surface area contributed by atoms with E-state index in [-0.39, 0.29) is 41.7 Å². The molecule has 3 aromatic rings. The Hall–Kier alpha value is -2.32. The molecule has 3 saturated heterocycles. The molecule has 4 unspecified atom stereocenters. The Morgan fingerprint density at radius 2 is 1.83 bits per heavy atom. The topological polar surface area (TPSA) is 111 Å². The van der Waals surface area contributed by atoms with Crippen molar-refractivity contribution in [3.05, 3.63) is 40.2 Å². The molecule has 48 heavy (non-hydrogen) atoms. The molecule has 13 heteroatoms. The number of pyridine rings is 2. The standard InChI is InChI=1S/C35H50ClN5O6Si/c1-35(2,3)48(5,6)47-27-20-45-30-26(19-44-31(27)30)46-34-39-25-17-23(36)32(40-33(25)41(34)28-11-7-8-15-43-28)38-24-13-12-22-16-21(10-9-14-42-4)18-37-29(22)24/h16-18,24,26-28,30-31H,7-15,19-20H2,1-6H3,(H,38,40)/t24?,26-,27?,28?,30-,31?/m1/s1. The average Bonchev–Trinajstić information content (AvgIpc) is 3.82. The highest BCUT2D eigenvalue weighted by molar-refractivity contribution is 6.74. The van der Waals surface area contributed by atoms with E-state index >= 15 is 0 Å². The van der Waals surface area contributed by atoms with E-state index in [4.69, 9.17) is 54.7 Å². The minimum Gasteiger partial charge on any atom is -0.456 e. The fourth-order valence-corrected chi connectivity index (χ4v) is 8.57. The number of imidazole rings is 1. The van der Waals surface area contributed by atoms with Gasteiger partial charge in [-0.3, -0.25) is 9.55 Å². The average molecular weight is 700 g/mol. The number of methoxy groups -OCH3 is 1. The zero-order valence-corrected chi connectivity index (χ0v) is 30.8. The van der Waals surface area contributed by atoms with Crippen molar-refractivity contribution in [2.45, 2.75) is 121 Å². The van der Waals surface area contributed by atoms with Crippen LogP contribution in [0.4, 0.5) is 5.82 Å². The molecule has 1 aliphatic carbocycles. The Morgan fingerprint density at radius 1 is 1.04 bits per heavy atom. The summed E-state index contributed by atoms with van der Waals surface area (Å²) in [4.78, 5) is 14.8. The quantitative estimate of drug-likeness (QED) is 0.170. The number of ether oxygens (including phenoxy) is 5. The van der Waals surface area contributed by atoms with Crippen LogP contribution in [-0.4, -0.2) is 85.8 Å². The van der Waals surface area contributed by atoms with Crippen molar-refractivity contribution in [3.8, 4) is 6.01 Å². The molecule has 0 bridgehead atoms. The second-order valence-electron chi connectivity index (χ2n) is 15.1. The molecule has 6 atom stereocenters. The SMILES string of the molecule is COCCCc1cnc2c(c1)CCC2Nc1nc2c(cc1Cl)nc(O[C@@H]1COC3C(O[Si](C)(C)C(C)(C)C)CO[C@@H]31)n2C1CCCCO1. The Labute approximate surface area is 289 Å². The number of anilines is 1. The smallest absolute Gasteiger partial charge is 0.301 e. The number of nitrogens with zero attached hydrogens (tertiary/aromatic N) is 4. The summed E-state index contributed by atoms with van der Waals surface area (Å²) in [5, 5.41) is 4.20. The van der Waals surface area contributed by atoms with Gasteiger partial charge in [0.15, 0.2) is 20.1 Å². The molecule has 3 aliphatic heterocycles. The van der Waals surface area contributed by atoms with E-state index in [1.807, 2.05) is 16.8 Å². The molecule has 0 amide bonds. The van der Waals surface area contributed by atoms with Gasteiger partial charge in [-0.2, -0.15) is 4.98 Å². The number of halogens is 1. The van der Waals surface area contributed by atoms with Crippen molar-refractivity contribution < 1.29 is 28.1 Å². The van der Waals surface area contributed by atoms with Gasteiger partial charge in [0, 0.05) is 26.5 Å². The zero-order chi connectivity index (χ0) is 33.6. The van der Waals surface area contributed by atoms with Gasteiger partial charge in [0.05, 0.1) is 36.1 Å². The summed E-state index contributed by atoms with van der Waals surface area (Å²) in [6, 6.07) is 4.61. The summed E-state index contributed by atoms with van der Waals surface area (Å²) >= 11 is 6.87. The number of hydrogen-bond donors (Lipinski definition) is 1. The van der Waals surface area contributed by atoms with Crippen molar-refractivity contribution in [2.75, 3.05) is 38.9 Å². The van der Waals surface area contributed by atoms with Gasteiger partial charge in [0.2, 0.25) is 0 Å². The van der Waals surface area contributed by atoms with Crippen LogP contribution in [0.25, 0.3) is 11.2 Å². The number of rotatable bonds is 11. The maximum atomic E-state index is 6.87. The van der Waals surface area contributed by atoms with Gasteiger partial charge in [-0.15, -0.1) is 0 Å². The van der Waals surface area contributed by atoms with Crippen LogP contribution >= 0.6 is 11.6 Å². The highest BCUT2D eigenvalue weighted by Crippen LogP contribution is 2.42. The van der Waals surface area contributed by atoms with Crippen LogP contribution in [0.15, 0.2) is 18.3 Å². The highest BCUT2D eigenvalue weighted by Gasteiger charge is 2.52. The molecule has 7 rings (SSSR count). The molecular formula is C35H50ClN5O6Si. The fourth-order valence-electron chi connectivity index (χ4n) is 7.05. The van der Waals surface area contributed by atoms with E-state index in [1.165, 1.54) is 11.1 Å². The third-order valence-electron chi connectivity index (χ3n) is 10.7. The maximum Gasteiger partial charge on any atom is 0.301 e. The number of aryl methyl sites for hydroxylation is 2. The van der Waals surface area contributed by atoms with Crippen LogP contribution in [0.2, 0.25) is 23.2 Å². The van der Waals surface area contributed by atoms with E-state index in [2.05, 4.69) is 45.2 Å². The summed E-state index contributed by atoms with van der Waals surface area (Å²) < 4.78 is 39.5. The van der Waals surface area contributed by atoms with Crippen LogP contribution in [-0.2, 0) is 36.2 Å². The summed E-state index contributed by atoms with van der Waals surface area (Å²) in [5.74, 6) is 0.602. The van der Waals surface area contributed by atoms with Gasteiger partial charge >= 0.3 is 6.01 Å². The fraction of sp³-hybridized carbons (Fsp3) is 0.686. The number of fused-ring (bicyclic) bond motifs is 3. The lowest BCUT2D eigenvalue weighted by molar-refractivity contribution is -0.0406. The van der Waals surface area contributed by atoms with Crippen LogP contribution in [0.1, 0.15) is 82.0 Å². The molecule has 262 valence electrons. The number of hydrogen-bond acceptors (Lipinski definition) is 10. The van der Waals surface area contributed by atoms with Gasteiger partial charge < -0.3 is 33.4 Å². The monoisotopic (exact) mass is 699 g/mol. The molecule has 4 aliphatic rings. The second-order valence-corrected chi connectivity index (χ2v) is 20.3. The van der Waals surface area contributed by atoms with Gasteiger partial charge in [0.25, 0.3) is 0 Å². The Balaban J connectivity index is 1.12. The third-order valence-corrected chi connectivity index (χ3v) is 15.5. The first-order valence-corrected chi connectivity index (χ1v) is 20.8. The summed E-state index contributed by atoms with van der Waals surface area (Å²) in [6.07, 6.45) is 7.59. The van der Waals surface area contributed by atoms with Gasteiger partial charge in [-0.05, 0) is 80.3 Å². The van der Waals surface area contributed by atoms with Crippen molar-refractivity contribution in [1.29, 1.82) is 0 Å². The van der Waals surface area contributed by atoms with E-state index in [0.717, 1.165) is 57.2 Å². The highest BCUT2D eigenvalue weighted by atomic mass is 35.5. The molecule has 11 nitrogen and oxygen atoms in total. The number of aromatic nitrogens is 4. The van der Waals surface area contributed by atoms with E-state index in [0.29, 0.717) is 47.8 Å².